The predicted molar refractivity (Wildman–Crippen MR) is 92.4 cm³/mol. The maximum Gasteiger partial charge on any atom is 0.213 e. The van der Waals surface area contributed by atoms with Crippen LogP contribution in [0.25, 0.3) is 0 Å². The summed E-state index contributed by atoms with van der Waals surface area (Å²) < 4.78 is 41.6. The summed E-state index contributed by atoms with van der Waals surface area (Å²) >= 11 is 0. The maximum absolute atomic E-state index is 11.9. The SMILES string of the molecule is CCS(=O)(=O)N1CCN(Cc2ccc(OC)c(OC)c2OC)CC1. The van der Waals surface area contributed by atoms with Crippen LogP contribution in [-0.2, 0) is 16.6 Å². The van der Waals surface area contributed by atoms with Crippen LogP contribution in [0, 0.1) is 0 Å². The molecule has 1 aliphatic rings. The Balaban J connectivity index is 2.10. The van der Waals surface area contributed by atoms with Crippen LogP contribution in [0.15, 0.2) is 12.1 Å². The number of ether oxygens (including phenoxy) is 3. The molecule has 1 saturated heterocycles. The minimum atomic E-state index is -3.10. The van der Waals surface area contributed by atoms with Crippen LogP contribution in [0.3, 0.4) is 0 Å². The van der Waals surface area contributed by atoms with E-state index in [-0.39, 0.29) is 5.75 Å². The van der Waals surface area contributed by atoms with Gasteiger partial charge in [0, 0.05) is 38.3 Å². The Kier molecular flexibility index (Phi) is 6.31. The molecule has 8 heteroatoms. The number of rotatable bonds is 7. The molecule has 0 spiro atoms. The van der Waals surface area contributed by atoms with Crippen molar-refractivity contribution in [1.82, 2.24) is 9.21 Å². The molecule has 1 fully saturated rings. The standard InChI is InChI=1S/C16H26N2O5S/c1-5-24(19,20)18-10-8-17(9-11-18)12-13-6-7-14(21-2)16(23-4)15(13)22-3/h6-7H,5,8-12H2,1-4H3. The van der Waals surface area contributed by atoms with E-state index in [1.807, 2.05) is 12.1 Å². The lowest BCUT2D eigenvalue weighted by Gasteiger charge is -2.34. The van der Waals surface area contributed by atoms with E-state index >= 15 is 0 Å². The first-order valence-electron chi connectivity index (χ1n) is 7.94. The number of nitrogens with zero attached hydrogens (tertiary/aromatic N) is 2. The molecule has 0 aliphatic carbocycles. The summed E-state index contributed by atoms with van der Waals surface area (Å²) in [6, 6.07) is 3.81. The molecule has 1 aromatic carbocycles. The van der Waals surface area contributed by atoms with Gasteiger partial charge in [-0.3, -0.25) is 4.90 Å². The minimum absolute atomic E-state index is 0.149. The third kappa shape index (κ3) is 3.93. The van der Waals surface area contributed by atoms with Gasteiger partial charge >= 0.3 is 0 Å². The molecule has 0 unspecified atom stereocenters. The number of methoxy groups -OCH3 is 3. The molecule has 0 amide bonds. The summed E-state index contributed by atoms with van der Waals surface area (Å²) in [5, 5.41) is 0. The van der Waals surface area contributed by atoms with Crippen molar-refractivity contribution in [3.05, 3.63) is 17.7 Å². The van der Waals surface area contributed by atoms with E-state index < -0.39 is 10.0 Å². The third-order valence-electron chi connectivity index (χ3n) is 4.27. The molecule has 0 bridgehead atoms. The molecule has 0 saturated carbocycles. The second-order valence-electron chi connectivity index (χ2n) is 5.57. The summed E-state index contributed by atoms with van der Waals surface area (Å²) in [6.07, 6.45) is 0. The summed E-state index contributed by atoms with van der Waals surface area (Å²) in [5.74, 6) is 2.00. The quantitative estimate of drug-likeness (QED) is 0.729. The first-order valence-corrected chi connectivity index (χ1v) is 9.55. The van der Waals surface area contributed by atoms with Gasteiger partial charge in [0.25, 0.3) is 0 Å². The van der Waals surface area contributed by atoms with Crippen molar-refractivity contribution in [3.8, 4) is 17.2 Å². The average Bonchev–Trinajstić information content (AvgIpc) is 2.61. The fraction of sp³-hybridized carbons (Fsp3) is 0.625. The number of benzene rings is 1. The normalized spacial score (nSPS) is 16.8. The second kappa shape index (κ2) is 8.04. The van der Waals surface area contributed by atoms with Crippen molar-refractivity contribution in [3.63, 3.8) is 0 Å². The van der Waals surface area contributed by atoms with Crippen LogP contribution in [0.1, 0.15) is 12.5 Å². The summed E-state index contributed by atoms with van der Waals surface area (Å²) in [6.45, 7) is 4.77. The van der Waals surface area contributed by atoms with Crippen LogP contribution >= 0.6 is 0 Å². The first kappa shape index (κ1) is 18.8. The second-order valence-corrected chi connectivity index (χ2v) is 7.83. The van der Waals surface area contributed by atoms with Crippen LogP contribution in [0.4, 0.5) is 0 Å². The van der Waals surface area contributed by atoms with E-state index in [1.165, 1.54) is 0 Å². The number of piperazine rings is 1. The fourth-order valence-electron chi connectivity index (χ4n) is 2.88. The van der Waals surface area contributed by atoms with Crippen LogP contribution in [0.2, 0.25) is 0 Å². The lowest BCUT2D eigenvalue weighted by molar-refractivity contribution is 0.179. The Bertz CT molecular complexity index is 655. The van der Waals surface area contributed by atoms with Gasteiger partial charge in [-0.15, -0.1) is 0 Å². The van der Waals surface area contributed by atoms with Gasteiger partial charge in [0.2, 0.25) is 15.8 Å². The molecule has 0 N–H and O–H groups in total. The Labute approximate surface area is 144 Å². The van der Waals surface area contributed by atoms with Gasteiger partial charge in [-0.1, -0.05) is 6.07 Å². The predicted octanol–water partition coefficient (Wildman–Crippen LogP) is 1.18. The van der Waals surface area contributed by atoms with Crippen molar-refractivity contribution < 1.29 is 22.6 Å². The van der Waals surface area contributed by atoms with Crippen molar-refractivity contribution in [1.29, 1.82) is 0 Å². The zero-order valence-electron chi connectivity index (χ0n) is 14.7. The fourth-order valence-corrected chi connectivity index (χ4v) is 3.96. The van der Waals surface area contributed by atoms with Gasteiger partial charge in [0.15, 0.2) is 11.5 Å². The van der Waals surface area contributed by atoms with Gasteiger partial charge < -0.3 is 14.2 Å². The number of hydrogen-bond donors (Lipinski definition) is 0. The van der Waals surface area contributed by atoms with Crippen LogP contribution in [-0.4, -0.2) is 70.9 Å². The molecule has 2 rings (SSSR count). The van der Waals surface area contributed by atoms with Crippen molar-refractivity contribution in [2.45, 2.75) is 13.5 Å². The van der Waals surface area contributed by atoms with Gasteiger partial charge in [0.05, 0.1) is 27.1 Å². The molecular weight excluding hydrogens is 332 g/mol. The molecule has 1 heterocycles. The van der Waals surface area contributed by atoms with Crippen LogP contribution < -0.4 is 14.2 Å². The van der Waals surface area contributed by atoms with Gasteiger partial charge in [-0.2, -0.15) is 4.31 Å². The van der Waals surface area contributed by atoms with Crippen LogP contribution in [0.5, 0.6) is 17.2 Å². The summed E-state index contributed by atoms with van der Waals surface area (Å²) in [4.78, 5) is 2.21. The highest BCUT2D eigenvalue weighted by Crippen LogP contribution is 2.40. The zero-order valence-corrected chi connectivity index (χ0v) is 15.6. The Morgan fingerprint density at radius 2 is 1.58 bits per heavy atom. The smallest absolute Gasteiger partial charge is 0.213 e. The van der Waals surface area contributed by atoms with Gasteiger partial charge in [0.1, 0.15) is 0 Å². The molecule has 0 atom stereocenters. The van der Waals surface area contributed by atoms with E-state index in [2.05, 4.69) is 4.90 Å². The monoisotopic (exact) mass is 358 g/mol. The molecule has 1 aromatic rings. The molecule has 1 aliphatic heterocycles. The van der Waals surface area contributed by atoms with E-state index in [0.717, 1.165) is 5.56 Å². The van der Waals surface area contributed by atoms with Crippen molar-refractivity contribution >= 4 is 10.0 Å². The third-order valence-corrected chi connectivity index (χ3v) is 6.15. The average molecular weight is 358 g/mol. The van der Waals surface area contributed by atoms with E-state index in [1.54, 1.807) is 32.6 Å². The lowest BCUT2D eigenvalue weighted by Crippen LogP contribution is -2.48. The highest BCUT2D eigenvalue weighted by Gasteiger charge is 2.26. The molecule has 7 nitrogen and oxygen atoms in total. The molecule has 136 valence electrons. The van der Waals surface area contributed by atoms with Crippen molar-refractivity contribution in [2.24, 2.45) is 0 Å². The number of hydrogen-bond acceptors (Lipinski definition) is 6. The zero-order chi connectivity index (χ0) is 17.7. The van der Waals surface area contributed by atoms with Crippen molar-refractivity contribution in [2.75, 3.05) is 53.3 Å². The Morgan fingerprint density at radius 3 is 2.08 bits per heavy atom. The summed E-state index contributed by atoms with van der Waals surface area (Å²) in [7, 11) is 1.67. The van der Waals surface area contributed by atoms with Gasteiger partial charge in [-0.25, -0.2) is 8.42 Å². The highest BCUT2D eigenvalue weighted by molar-refractivity contribution is 7.89. The molecule has 0 aromatic heterocycles. The van der Waals surface area contributed by atoms with Gasteiger partial charge in [-0.05, 0) is 13.0 Å². The first-order chi connectivity index (χ1) is 11.5. The minimum Gasteiger partial charge on any atom is -0.493 e. The van der Waals surface area contributed by atoms with E-state index in [9.17, 15) is 8.42 Å². The largest absolute Gasteiger partial charge is 0.493 e. The topological polar surface area (TPSA) is 68.3 Å². The van der Waals surface area contributed by atoms with E-state index in [4.69, 9.17) is 14.2 Å². The molecule has 0 radical (unpaired) electrons. The molecular formula is C16H26N2O5S. The number of sulfonamides is 1. The van der Waals surface area contributed by atoms with E-state index in [0.29, 0.717) is 50.0 Å². The Morgan fingerprint density at radius 1 is 0.958 bits per heavy atom. The molecule has 24 heavy (non-hydrogen) atoms. The Hall–Kier alpha value is -1.51. The highest BCUT2D eigenvalue weighted by atomic mass is 32.2. The maximum atomic E-state index is 11.9. The lowest BCUT2D eigenvalue weighted by atomic mass is 10.1. The summed E-state index contributed by atoms with van der Waals surface area (Å²) in [5.41, 5.74) is 0.988.